The third kappa shape index (κ3) is 2.79. The molecule has 2 rings (SSSR count). The van der Waals surface area contributed by atoms with E-state index in [1.807, 2.05) is 4.90 Å². The highest BCUT2D eigenvalue weighted by Crippen LogP contribution is 2.12. The number of rotatable bonds is 2. The summed E-state index contributed by atoms with van der Waals surface area (Å²) in [6.45, 7) is 4.69. The van der Waals surface area contributed by atoms with Crippen molar-refractivity contribution in [2.24, 2.45) is 0 Å². The molecule has 0 unspecified atom stereocenters. The van der Waals surface area contributed by atoms with E-state index in [1.165, 1.54) is 6.07 Å². The second kappa shape index (κ2) is 5.52. The average molecular weight is 252 g/mol. The van der Waals surface area contributed by atoms with Crippen molar-refractivity contribution >= 4 is 11.8 Å². The van der Waals surface area contributed by atoms with Crippen molar-refractivity contribution in [3.8, 4) is 0 Å². The predicted molar refractivity (Wildman–Crippen MR) is 65.7 cm³/mol. The Balaban J connectivity index is 1.94. The first-order valence-corrected chi connectivity index (χ1v) is 5.92. The number of H-pyrrole nitrogens is 1. The maximum absolute atomic E-state index is 11.5. The van der Waals surface area contributed by atoms with Gasteiger partial charge in [-0.2, -0.15) is 5.10 Å². The summed E-state index contributed by atoms with van der Waals surface area (Å²) in [5.41, 5.74) is 0.558. The molecule has 1 N–H and O–H groups in total. The Morgan fingerprint density at radius 1 is 1.44 bits per heavy atom. The van der Waals surface area contributed by atoms with Crippen LogP contribution < -0.4 is 10.5 Å². The Bertz CT molecular complexity index is 465. The maximum atomic E-state index is 11.5. The van der Waals surface area contributed by atoms with Crippen molar-refractivity contribution in [3.63, 3.8) is 0 Å². The van der Waals surface area contributed by atoms with Gasteiger partial charge in [0.15, 0.2) is 0 Å². The molecule has 1 aromatic rings. The fourth-order valence-electron chi connectivity index (χ4n) is 1.90. The van der Waals surface area contributed by atoms with Gasteiger partial charge in [0.05, 0.1) is 18.5 Å². The van der Waals surface area contributed by atoms with Gasteiger partial charge in [0.25, 0.3) is 5.56 Å². The minimum atomic E-state index is -0.277. The van der Waals surface area contributed by atoms with E-state index in [0.29, 0.717) is 32.8 Å². The second-order valence-electron chi connectivity index (χ2n) is 3.98. The van der Waals surface area contributed by atoms with Gasteiger partial charge in [-0.3, -0.25) is 4.79 Å². The number of amides is 1. The molecule has 0 aromatic carbocycles. The Labute approximate surface area is 104 Å². The second-order valence-corrected chi connectivity index (χ2v) is 3.98. The van der Waals surface area contributed by atoms with Gasteiger partial charge in [-0.05, 0) is 6.92 Å². The SMILES string of the molecule is CCOC(=O)N1CCN(c2cn[nH]c(=O)c2)CC1. The van der Waals surface area contributed by atoms with Crippen LogP contribution in [0.25, 0.3) is 0 Å². The van der Waals surface area contributed by atoms with Gasteiger partial charge in [0, 0.05) is 32.2 Å². The summed E-state index contributed by atoms with van der Waals surface area (Å²) < 4.78 is 4.94. The van der Waals surface area contributed by atoms with E-state index < -0.39 is 0 Å². The van der Waals surface area contributed by atoms with Gasteiger partial charge in [0.2, 0.25) is 0 Å². The third-order valence-corrected chi connectivity index (χ3v) is 2.82. The summed E-state index contributed by atoms with van der Waals surface area (Å²) in [5.74, 6) is 0. The van der Waals surface area contributed by atoms with Crippen molar-refractivity contribution in [2.75, 3.05) is 37.7 Å². The van der Waals surface area contributed by atoms with E-state index in [4.69, 9.17) is 4.74 Å². The summed E-state index contributed by atoms with van der Waals surface area (Å²) in [6.07, 6.45) is 1.34. The molecule has 98 valence electrons. The van der Waals surface area contributed by atoms with E-state index >= 15 is 0 Å². The molecule has 7 nitrogen and oxygen atoms in total. The number of nitrogens with zero attached hydrogens (tertiary/aromatic N) is 3. The van der Waals surface area contributed by atoms with Crippen LogP contribution in [0, 0.1) is 0 Å². The molecule has 0 radical (unpaired) electrons. The first kappa shape index (κ1) is 12.4. The fourth-order valence-corrected chi connectivity index (χ4v) is 1.90. The van der Waals surface area contributed by atoms with E-state index in [9.17, 15) is 9.59 Å². The predicted octanol–water partition coefficient (Wildman–Crippen LogP) is 0.0484. The molecule has 1 aliphatic heterocycles. The lowest BCUT2D eigenvalue weighted by Gasteiger charge is -2.35. The molecule has 1 fully saturated rings. The number of piperazine rings is 1. The Morgan fingerprint density at radius 3 is 2.78 bits per heavy atom. The van der Waals surface area contributed by atoms with Crippen LogP contribution in [0.2, 0.25) is 0 Å². The van der Waals surface area contributed by atoms with E-state index in [-0.39, 0.29) is 11.7 Å². The first-order chi connectivity index (χ1) is 8.70. The zero-order chi connectivity index (χ0) is 13.0. The molecule has 1 saturated heterocycles. The number of nitrogens with one attached hydrogen (secondary N) is 1. The lowest BCUT2D eigenvalue weighted by Crippen LogP contribution is -2.49. The summed E-state index contributed by atoms with van der Waals surface area (Å²) in [6, 6.07) is 1.51. The molecule has 0 bridgehead atoms. The molecule has 0 aliphatic carbocycles. The van der Waals surface area contributed by atoms with Crippen LogP contribution in [0.1, 0.15) is 6.92 Å². The molecule has 1 aromatic heterocycles. The summed E-state index contributed by atoms with van der Waals surface area (Å²) in [5, 5.41) is 6.10. The van der Waals surface area contributed by atoms with E-state index in [2.05, 4.69) is 10.2 Å². The highest BCUT2D eigenvalue weighted by Gasteiger charge is 2.22. The number of aromatic nitrogens is 2. The molecule has 0 spiro atoms. The number of hydrogen-bond acceptors (Lipinski definition) is 5. The topological polar surface area (TPSA) is 78.5 Å². The molecule has 1 aliphatic rings. The van der Waals surface area contributed by atoms with Crippen LogP contribution in [0.15, 0.2) is 17.1 Å². The standard InChI is InChI=1S/C11H16N4O3/c1-2-18-11(17)15-5-3-14(4-6-15)9-7-10(16)13-12-8-9/h7-8H,2-6H2,1H3,(H,13,16). The van der Waals surface area contributed by atoms with Crippen molar-refractivity contribution in [3.05, 3.63) is 22.6 Å². The fraction of sp³-hybridized carbons (Fsp3) is 0.545. The number of hydrogen-bond donors (Lipinski definition) is 1. The summed E-state index contributed by atoms with van der Waals surface area (Å²) in [4.78, 5) is 26.4. The molecule has 7 heteroatoms. The number of carbonyl (C=O) groups is 1. The Morgan fingerprint density at radius 2 is 2.17 bits per heavy atom. The average Bonchev–Trinajstić information content (AvgIpc) is 2.39. The molecule has 18 heavy (non-hydrogen) atoms. The lowest BCUT2D eigenvalue weighted by molar-refractivity contribution is 0.105. The smallest absolute Gasteiger partial charge is 0.409 e. The van der Waals surface area contributed by atoms with Gasteiger partial charge < -0.3 is 14.5 Å². The monoisotopic (exact) mass is 252 g/mol. The van der Waals surface area contributed by atoms with Gasteiger partial charge in [-0.25, -0.2) is 9.89 Å². The lowest BCUT2D eigenvalue weighted by atomic mass is 10.3. The molecule has 1 amide bonds. The Kier molecular flexibility index (Phi) is 3.81. The minimum absolute atomic E-state index is 0.222. The van der Waals surface area contributed by atoms with Gasteiger partial charge in [-0.15, -0.1) is 0 Å². The zero-order valence-electron chi connectivity index (χ0n) is 10.3. The van der Waals surface area contributed by atoms with Crippen LogP contribution in [0.3, 0.4) is 0 Å². The van der Waals surface area contributed by atoms with Crippen LogP contribution in [0.4, 0.5) is 10.5 Å². The molecule has 0 atom stereocenters. The molecule has 2 heterocycles. The van der Waals surface area contributed by atoms with Crippen molar-refractivity contribution in [2.45, 2.75) is 6.92 Å². The van der Waals surface area contributed by atoms with E-state index in [0.717, 1.165) is 5.69 Å². The normalized spacial score (nSPS) is 15.6. The van der Waals surface area contributed by atoms with Gasteiger partial charge in [0.1, 0.15) is 0 Å². The van der Waals surface area contributed by atoms with Gasteiger partial charge >= 0.3 is 6.09 Å². The summed E-state index contributed by atoms with van der Waals surface area (Å²) in [7, 11) is 0. The van der Waals surface area contributed by atoms with E-state index in [1.54, 1.807) is 18.0 Å². The quantitative estimate of drug-likeness (QED) is 0.804. The third-order valence-electron chi connectivity index (χ3n) is 2.82. The number of carbonyl (C=O) groups excluding carboxylic acids is 1. The van der Waals surface area contributed by atoms with Crippen molar-refractivity contribution in [1.82, 2.24) is 15.1 Å². The largest absolute Gasteiger partial charge is 0.450 e. The number of ether oxygens (including phenoxy) is 1. The first-order valence-electron chi connectivity index (χ1n) is 5.92. The molecular weight excluding hydrogens is 236 g/mol. The zero-order valence-corrected chi connectivity index (χ0v) is 10.3. The van der Waals surface area contributed by atoms with Gasteiger partial charge in [-0.1, -0.05) is 0 Å². The number of aromatic amines is 1. The van der Waals surface area contributed by atoms with Crippen LogP contribution >= 0.6 is 0 Å². The Hall–Kier alpha value is -2.05. The highest BCUT2D eigenvalue weighted by atomic mass is 16.6. The minimum Gasteiger partial charge on any atom is -0.450 e. The maximum Gasteiger partial charge on any atom is 0.409 e. The van der Waals surface area contributed by atoms with Crippen LogP contribution in [0.5, 0.6) is 0 Å². The van der Waals surface area contributed by atoms with Crippen LogP contribution in [-0.4, -0.2) is 54.0 Å². The number of anilines is 1. The molecular formula is C11H16N4O3. The highest BCUT2D eigenvalue weighted by molar-refractivity contribution is 5.68. The molecule has 0 saturated carbocycles. The summed E-state index contributed by atoms with van der Waals surface area (Å²) >= 11 is 0. The van der Waals surface area contributed by atoms with Crippen molar-refractivity contribution < 1.29 is 9.53 Å². The van der Waals surface area contributed by atoms with Crippen molar-refractivity contribution in [1.29, 1.82) is 0 Å². The van der Waals surface area contributed by atoms with Crippen LogP contribution in [-0.2, 0) is 4.74 Å².